The molecule has 0 fully saturated rings. The zero-order chi connectivity index (χ0) is 30.0. The molecule has 1 unspecified atom stereocenters. The van der Waals surface area contributed by atoms with E-state index in [1.807, 2.05) is 51.1 Å². The fourth-order valence-corrected chi connectivity index (χ4v) is 5.82. The highest BCUT2D eigenvalue weighted by atomic mass is 32.2. The van der Waals surface area contributed by atoms with Crippen LogP contribution in [0.5, 0.6) is 11.5 Å². The van der Waals surface area contributed by atoms with Crippen molar-refractivity contribution in [3.63, 3.8) is 0 Å². The Bertz CT molecular complexity index is 1410. The van der Waals surface area contributed by atoms with Gasteiger partial charge < -0.3 is 19.7 Å². The summed E-state index contributed by atoms with van der Waals surface area (Å²) in [5.74, 6) is -0.182. The number of anilines is 1. The third kappa shape index (κ3) is 7.79. The maximum Gasteiger partial charge on any atom is 0.264 e. The monoisotopic (exact) mass is 581 g/mol. The van der Waals surface area contributed by atoms with Crippen molar-refractivity contribution in [1.82, 2.24) is 10.2 Å². The summed E-state index contributed by atoms with van der Waals surface area (Å²) in [6.07, 6.45) is 1.09. The Hall–Kier alpha value is -4.05. The van der Waals surface area contributed by atoms with Crippen molar-refractivity contribution in [2.24, 2.45) is 0 Å². The molecule has 0 aliphatic rings. The molecule has 9 nitrogen and oxygen atoms in total. The van der Waals surface area contributed by atoms with Crippen LogP contribution in [-0.4, -0.2) is 58.5 Å². The Morgan fingerprint density at radius 2 is 1.61 bits per heavy atom. The molecule has 0 spiro atoms. The van der Waals surface area contributed by atoms with Crippen LogP contribution in [0.4, 0.5) is 5.69 Å². The van der Waals surface area contributed by atoms with E-state index in [4.69, 9.17) is 9.47 Å². The van der Waals surface area contributed by atoms with Crippen LogP contribution in [0.2, 0.25) is 0 Å². The fourth-order valence-electron chi connectivity index (χ4n) is 4.41. The Balaban J connectivity index is 2.13. The van der Waals surface area contributed by atoms with Crippen LogP contribution in [0.15, 0.2) is 77.7 Å². The molecule has 3 rings (SSSR count). The Morgan fingerprint density at radius 1 is 0.927 bits per heavy atom. The summed E-state index contributed by atoms with van der Waals surface area (Å²) in [6.45, 7) is 5.67. The third-order valence-corrected chi connectivity index (χ3v) is 8.45. The van der Waals surface area contributed by atoms with Crippen LogP contribution in [-0.2, 0) is 26.2 Å². The predicted molar refractivity (Wildman–Crippen MR) is 160 cm³/mol. The lowest BCUT2D eigenvalue weighted by Gasteiger charge is -2.33. The minimum atomic E-state index is -4.25. The van der Waals surface area contributed by atoms with E-state index in [9.17, 15) is 18.0 Å². The number of carbonyl (C=O) groups is 2. The highest BCUT2D eigenvalue weighted by molar-refractivity contribution is 7.92. The summed E-state index contributed by atoms with van der Waals surface area (Å²) in [5.41, 5.74) is 1.85. The van der Waals surface area contributed by atoms with Crippen molar-refractivity contribution in [1.29, 1.82) is 0 Å². The van der Waals surface area contributed by atoms with Gasteiger partial charge in [-0.05, 0) is 49.6 Å². The van der Waals surface area contributed by atoms with Gasteiger partial charge in [-0.1, -0.05) is 61.9 Å². The number of methoxy groups -OCH3 is 2. The van der Waals surface area contributed by atoms with Gasteiger partial charge in [0, 0.05) is 19.2 Å². The zero-order valence-corrected chi connectivity index (χ0v) is 25.1. The first-order valence-electron chi connectivity index (χ1n) is 13.6. The van der Waals surface area contributed by atoms with Crippen molar-refractivity contribution >= 4 is 27.5 Å². The van der Waals surface area contributed by atoms with E-state index in [1.165, 1.54) is 37.3 Å². The highest BCUT2D eigenvalue weighted by Gasteiger charge is 2.35. The van der Waals surface area contributed by atoms with Gasteiger partial charge in [0.1, 0.15) is 24.1 Å². The minimum absolute atomic E-state index is 0.0168. The molecule has 10 heteroatoms. The number of hydrogen-bond acceptors (Lipinski definition) is 6. The maximum absolute atomic E-state index is 14.2. The Labute approximate surface area is 243 Å². The molecule has 0 heterocycles. The second kappa shape index (κ2) is 14.5. The predicted octanol–water partition coefficient (Wildman–Crippen LogP) is 4.54. The number of ether oxygens (including phenoxy) is 2. The molecule has 0 saturated heterocycles. The molecule has 0 radical (unpaired) electrons. The molecule has 3 aromatic carbocycles. The quantitative estimate of drug-likeness (QED) is 0.300. The molecular formula is C31H39N3O6S. The number of amides is 2. The summed E-state index contributed by atoms with van der Waals surface area (Å²) in [7, 11) is -1.35. The molecule has 1 N–H and O–H groups in total. The number of aryl methyl sites for hydroxylation is 1. The smallest absolute Gasteiger partial charge is 0.264 e. The van der Waals surface area contributed by atoms with Crippen LogP contribution in [0.3, 0.4) is 0 Å². The summed E-state index contributed by atoms with van der Waals surface area (Å²) in [6, 6.07) is 19.7. The third-order valence-electron chi connectivity index (χ3n) is 6.67. The van der Waals surface area contributed by atoms with Gasteiger partial charge in [0.05, 0.1) is 24.8 Å². The molecule has 1 atom stereocenters. The second-order valence-electron chi connectivity index (χ2n) is 9.58. The summed E-state index contributed by atoms with van der Waals surface area (Å²) < 4.78 is 40.2. The number of nitrogens with zero attached hydrogens (tertiary/aromatic N) is 2. The number of nitrogens with one attached hydrogen (secondary N) is 1. The van der Waals surface area contributed by atoms with Crippen LogP contribution >= 0.6 is 0 Å². The molecule has 0 aliphatic heterocycles. The SMILES string of the molecule is CCCNC(=O)C(CC)N(Cc1ccccc1)C(=O)CN(c1cc(OC)ccc1OC)S(=O)(=O)c1ccc(C)cc1. The van der Waals surface area contributed by atoms with E-state index < -0.39 is 28.5 Å². The molecule has 2 amide bonds. The average Bonchev–Trinajstić information content (AvgIpc) is 2.98. The first kappa shape index (κ1) is 31.5. The van der Waals surface area contributed by atoms with Gasteiger partial charge in [0.15, 0.2) is 0 Å². The van der Waals surface area contributed by atoms with E-state index >= 15 is 0 Å². The minimum Gasteiger partial charge on any atom is -0.497 e. The maximum atomic E-state index is 14.2. The van der Waals surface area contributed by atoms with Gasteiger partial charge in [0.25, 0.3) is 10.0 Å². The van der Waals surface area contributed by atoms with Crippen molar-refractivity contribution in [3.8, 4) is 11.5 Å². The largest absolute Gasteiger partial charge is 0.497 e. The molecule has 0 aliphatic carbocycles. The average molecular weight is 582 g/mol. The van der Waals surface area contributed by atoms with Crippen molar-refractivity contribution < 1.29 is 27.5 Å². The molecule has 0 aromatic heterocycles. The van der Waals surface area contributed by atoms with E-state index in [0.29, 0.717) is 18.7 Å². The topological polar surface area (TPSA) is 105 Å². The van der Waals surface area contributed by atoms with E-state index in [1.54, 1.807) is 24.3 Å². The first-order chi connectivity index (χ1) is 19.7. The molecule has 220 valence electrons. The van der Waals surface area contributed by atoms with E-state index in [0.717, 1.165) is 21.9 Å². The van der Waals surface area contributed by atoms with Gasteiger partial charge in [-0.3, -0.25) is 13.9 Å². The number of benzene rings is 3. The van der Waals surface area contributed by atoms with Crippen LogP contribution in [0.25, 0.3) is 0 Å². The Morgan fingerprint density at radius 3 is 2.20 bits per heavy atom. The first-order valence-corrected chi connectivity index (χ1v) is 15.0. The number of hydrogen-bond donors (Lipinski definition) is 1. The molecule has 41 heavy (non-hydrogen) atoms. The second-order valence-corrected chi connectivity index (χ2v) is 11.4. The van der Waals surface area contributed by atoms with Crippen LogP contribution < -0.4 is 19.1 Å². The van der Waals surface area contributed by atoms with E-state index in [2.05, 4.69) is 5.32 Å². The Kier molecular flexibility index (Phi) is 11.2. The summed E-state index contributed by atoms with van der Waals surface area (Å²) >= 11 is 0. The van der Waals surface area contributed by atoms with Crippen molar-refractivity contribution in [2.75, 3.05) is 31.6 Å². The number of rotatable bonds is 14. The van der Waals surface area contributed by atoms with E-state index in [-0.39, 0.29) is 28.8 Å². The molecule has 0 saturated carbocycles. The van der Waals surface area contributed by atoms with Crippen molar-refractivity contribution in [2.45, 2.75) is 51.1 Å². The lowest BCUT2D eigenvalue weighted by molar-refractivity contribution is -0.140. The van der Waals surface area contributed by atoms with Crippen LogP contribution in [0.1, 0.15) is 37.8 Å². The molecular weight excluding hydrogens is 542 g/mol. The molecule has 0 bridgehead atoms. The standard InChI is InChI=1S/C31H39N3O6S/c1-6-19-32-31(36)27(7-2)33(21-24-11-9-8-10-12-24)30(35)22-34(28-20-25(39-4)15-18-29(28)40-5)41(37,38)26-16-13-23(3)14-17-26/h8-18,20,27H,6-7,19,21-22H2,1-5H3,(H,32,36). The zero-order valence-electron chi connectivity index (χ0n) is 24.3. The normalized spacial score (nSPS) is 11.8. The van der Waals surface area contributed by atoms with Crippen LogP contribution in [0, 0.1) is 6.92 Å². The van der Waals surface area contributed by atoms with Gasteiger partial charge in [0.2, 0.25) is 11.8 Å². The lowest BCUT2D eigenvalue weighted by atomic mass is 10.1. The van der Waals surface area contributed by atoms with Gasteiger partial charge >= 0.3 is 0 Å². The highest BCUT2D eigenvalue weighted by Crippen LogP contribution is 2.36. The summed E-state index contributed by atoms with van der Waals surface area (Å²) in [5, 5.41) is 2.88. The fraction of sp³-hybridized carbons (Fsp3) is 0.355. The van der Waals surface area contributed by atoms with Gasteiger partial charge in [-0.2, -0.15) is 0 Å². The lowest BCUT2D eigenvalue weighted by Crippen LogP contribution is -2.52. The van der Waals surface area contributed by atoms with Gasteiger partial charge in [-0.25, -0.2) is 8.42 Å². The summed E-state index contributed by atoms with van der Waals surface area (Å²) in [4.78, 5) is 28.8. The number of carbonyl (C=O) groups excluding carboxylic acids is 2. The molecule has 3 aromatic rings. The van der Waals surface area contributed by atoms with Gasteiger partial charge in [-0.15, -0.1) is 0 Å². The van der Waals surface area contributed by atoms with Crippen molar-refractivity contribution in [3.05, 3.63) is 83.9 Å². The number of sulfonamides is 1.